The van der Waals surface area contributed by atoms with E-state index < -0.39 is 15.6 Å². The first-order chi connectivity index (χ1) is 18.9. The Hall–Kier alpha value is -2.63. The highest BCUT2D eigenvalue weighted by Crippen LogP contribution is 2.43. The van der Waals surface area contributed by atoms with Crippen LogP contribution in [0.15, 0.2) is 65.1 Å². The molecule has 1 fully saturated rings. The second-order valence-corrected chi connectivity index (χ2v) is 13.7. The molecule has 0 spiro atoms. The topological polar surface area (TPSA) is 108 Å². The maximum Gasteiger partial charge on any atom is 0.256 e. The summed E-state index contributed by atoms with van der Waals surface area (Å²) in [5.41, 5.74) is 1.65. The molecule has 2 heterocycles. The van der Waals surface area contributed by atoms with Crippen molar-refractivity contribution in [2.45, 2.75) is 30.8 Å². The number of carbonyl (C=O) groups is 2. The molecule has 2 amide bonds. The molecule has 40 heavy (non-hydrogen) atoms. The molecule has 2 aliphatic heterocycles. The van der Waals surface area contributed by atoms with Crippen molar-refractivity contribution >= 4 is 72.3 Å². The molecule has 2 atom stereocenters. The van der Waals surface area contributed by atoms with Crippen LogP contribution in [-0.2, 0) is 26.8 Å². The van der Waals surface area contributed by atoms with Gasteiger partial charge < -0.3 is 15.5 Å². The third-order valence-electron chi connectivity index (χ3n) is 7.08. The summed E-state index contributed by atoms with van der Waals surface area (Å²) in [6.07, 6.45) is 2.66. The minimum Gasteiger partial charge on any atom is -0.367 e. The molecule has 0 aromatic heterocycles. The number of hydrogen-bond acceptors (Lipinski definition) is 5. The Labute approximate surface area is 251 Å². The molecule has 0 saturated carbocycles. The van der Waals surface area contributed by atoms with Crippen LogP contribution < -0.4 is 15.4 Å². The largest absolute Gasteiger partial charge is 0.367 e. The van der Waals surface area contributed by atoms with Gasteiger partial charge in [-0.2, -0.15) is 0 Å². The number of amides is 2. The monoisotopic (exact) mass is 664 g/mol. The number of hydrogen-bond donors (Lipinski definition) is 3. The van der Waals surface area contributed by atoms with E-state index in [0.29, 0.717) is 51.9 Å². The van der Waals surface area contributed by atoms with Crippen LogP contribution in [0.25, 0.3) is 0 Å². The van der Waals surface area contributed by atoms with Gasteiger partial charge >= 0.3 is 0 Å². The van der Waals surface area contributed by atoms with Crippen molar-refractivity contribution in [3.05, 3.63) is 91.9 Å². The van der Waals surface area contributed by atoms with Crippen molar-refractivity contribution < 1.29 is 18.0 Å². The van der Waals surface area contributed by atoms with Gasteiger partial charge in [-0.25, -0.2) is 13.1 Å². The number of benzene rings is 3. The van der Waals surface area contributed by atoms with E-state index in [2.05, 4.69) is 31.3 Å². The molecule has 0 radical (unpaired) electrons. The van der Waals surface area contributed by atoms with E-state index >= 15 is 0 Å². The van der Waals surface area contributed by atoms with Crippen molar-refractivity contribution in [3.63, 3.8) is 0 Å². The molecule has 12 heteroatoms. The van der Waals surface area contributed by atoms with Crippen molar-refractivity contribution in [2.75, 3.05) is 30.0 Å². The van der Waals surface area contributed by atoms with Gasteiger partial charge in [-0.1, -0.05) is 57.3 Å². The standard InChI is InChI=1S/C28H27BrCl2N4O4S/c1-40(38,39)34-21-6-3-11-35(16-21)26(36)22-9-7-18(29)13-24(22)33-28(15-17-4-2-5-19(30)12-17)23-10-8-20(31)14-25(23)32-27(28)37/h2,4-5,7-10,12-14,21,33-34H,3,6,11,15-16H2,1H3,(H,32,37)/t21-,28?/m0/s1. The maximum atomic E-state index is 13.9. The summed E-state index contributed by atoms with van der Waals surface area (Å²) in [4.78, 5) is 29.3. The molecule has 2 aliphatic rings. The van der Waals surface area contributed by atoms with E-state index in [1.165, 1.54) is 0 Å². The Morgan fingerprint density at radius 3 is 2.65 bits per heavy atom. The highest BCUT2D eigenvalue weighted by atomic mass is 79.9. The Morgan fingerprint density at radius 2 is 1.90 bits per heavy atom. The van der Waals surface area contributed by atoms with Gasteiger partial charge in [-0.15, -0.1) is 0 Å². The number of anilines is 2. The van der Waals surface area contributed by atoms with Gasteiger partial charge in [0.2, 0.25) is 10.0 Å². The molecule has 3 aromatic carbocycles. The first-order valence-corrected chi connectivity index (χ1v) is 16.1. The molecule has 1 saturated heterocycles. The van der Waals surface area contributed by atoms with Crippen molar-refractivity contribution in [1.29, 1.82) is 0 Å². The molecule has 8 nitrogen and oxygen atoms in total. The van der Waals surface area contributed by atoms with Gasteiger partial charge in [0.1, 0.15) is 5.54 Å². The summed E-state index contributed by atoms with van der Waals surface area (Å²) < 4.78 is 26.9. The number of nitrogens with zero attached hydrogens (tertiary/aromatic N) is 1. The van der Waals surface area contributed by atoms with Gasteiger partial charge in [0.25, 0.3) is 11.8 Å². The van der Waals surface area contributed by atoms with Crippen LogP contribution in [0.3, 0.4) is 0 Å². The Bertz CT molecular complexity index is 1600. The molecular formula is C28H27BrCl2N4O4S. The summed E-state index contributed by atoms with van der Waals surface area (Å²) in [7, 11) is -3.42. The van der Waals surface area contributed by atoms with Gasteiger partial charge in [0, 0.05) is 57.0 Å². The third kappa shape index (κ3) is 6.16. The molecular weight excluding hydrogens is 639 g/mol. The van der Waals surface area contributed by atoms with Gasteiger partial charge in [-0.05, 0) is 60.9 Å². The van der Waals surface area contributed by atoms with Crippen LogP contribution in [0, 0.1) is 0 Å². The maximum absolute atomic E-state index is 13.9. The van der Waals surface area contributed by atoms with Crippen molar-refractivity contribution in [3.8, 4) is 0 Å². The summed E-state index contributed by atoms with van der Waals surface area (Å²) >= 11 is 16.0. The lowest BCUT2D eigenvalue weighted by molar-refractivity contribution is -0.119. The third-order valence-corrected chi connectivity index (χ3v) is 8.81. The Kier molecular flexibility index (Phi) is 8.18. The van der Waals surface area contributed by atoms with E-state index in [9.17, 15) is 18.0 Å². The molecule has 0 bridgehead atoms. The number of sulfonamides is 1. The van der Waals surface area contributed by atoms with Crippen LogP contribution in [0.5, 0.6) is 0 Å². The van der Waals surface area contributed by atoms with E-state index in [4.69, 9.17) is 23.2 Å². The fourth-order valence-electron chi connectivity index (χ4n) is 5.41. The van der Waals surface area contributed by atoms with Crippen LogP contribution in [0.2, 0.25) is 10.0 Å². The van der Waals surface area contributed by atoms with Gasteiger partial charge in [0.15, 0.2) is 0 Å². The number of likely N-dealkylation sites (tertiary alicyclic amines) is 1. The van der Waals surface area contributed by atoms with Crippen LogP contribution in [-0.4, -0.2) is 50.5 Å². The minimum atomic E-state index is -3.42. The zero-order chi connectivity index (χ0) is 28.7. The predicted molar refractivity (Wildman–Crippen MR) is 162 cm³/mol. The summed E-state index contributed by atoms with van der Waals surface area (Å²) in [5.74, 6) is -0.554. The predicted octanol–water partition coefficient (Wildman–Crippen LogP) is 5.41. The van der Waals surface area contributed by atoms with Gasteiger partial charge in [0.05, 0.1) is 11.8 Å². The average molecular weight is 666 g/mol. The number of piperidine rings is 1. The lowest BCUT2D eigenvalue weighted by Crippen LogP contribution is -2.49. The smallest absolute Gasteiger partial charge is 0.256 e. The number of rotatable bonds is 7. The van der Waals surface area contributed by atoms with Crippen molar-refractivity contribution in [1.82, 2.24) is 9.62 Å². The highest BCUT2D eigenvalue weighted by molar-refractivity contribution is 9.10. The number of fused-ring (bicyclic) bond motifs is 1. The van der Waals surface area contributed by atoms with E-state index in [-0.39, 0.29) is 30.8 Å². The molecule has 3 N–H and O–H groups in total. The van der Waals surface area contributed by atoms with E-state index in [0.717, 1.165) is 16.3 Å². The fourth-order valence-corrected chi connectivity index (χ4v) is 6.95. The number of nitrogens with one attached hydrogen (secondary N) is 3. The van der Waals surface area contributed by atoms with Crippen molar-refractivity contribution in [2.24, 2.45) is 0 Å². The zero-order valence-corrected chi connectivity index (χ0v) is 25.4. The number of carbonyl (C=O) groups excluding carboxylic acids is 2. The molecule has 1 unspecified atom stereocenters. The van der Waals surface area contributed by atoms with E-state index in [1.54, 1.807) is 47.4 Å². The quantitative estimate of drug-likeness (QED) is 0.313. The van der Waals surface area contributed by atoms with E-state index in [1.807, 2.05) is 18.2 Å². The summed E-state index contributed by atoms with van der Waals surface area (Å²) in [6.45, 7) is 0.739. The Morgan fingerprint density at radius 1 is 1.12 bits per heavy atom. The minimum absolute atomic E-state index is 0.247. The van der Waals surface area contributed by atoms with Gasteiger partial charge in [-0.3, -0.25) is 9.59 Å². The molecule has 0 aliphatic carbocycles. The first-order valence-electron chi connectivity index (χ1n) is 12.6. The lowest BCUT2D eigenvalue weighted by Gasteiger charge is -2.35. The SMILES string of the molecule is CS(=O)(=O)N[C@H]1CCCN(C(=O)c2ccc(Br)cc2NC2(Cc3cccc(Cl)c3)C(=O)Nc3cc(Cl)ccc32)C1. The fraction of sp³-hybridized carbons (Fsp3) is 0.286. The highest BCUT2D eigenvalue weighted by Gasteiger charge is 2.47. The zero-order valence-electron chi connectivity index (χ0n) is 21.5. The molecule has 3 aromatic rings. The van der Waals surface area contributed by atoms with Crippen LogP contribution in [0.1, 0.15) is 34.3 Å². The summed E-state index contributed by atoms with van der Waals surface area (Å²) in [5, 5.41) is 7.42. The second-order valence-electron chi connectivity index (χ2n) is 10.2. The normalized spacial score (nSPS) is 20.6. The molecule has 5 rings (SSSR count). The van der Waals surface area contributed by atoms with Crippen LogP contribution >= 0.6 is 39.1 Å². The second kappa shape index (κ2) is 11.3. The first kappa shape index (κ1) is 28.9. The average Bonchev–Trinajstić information content (AvgIpc) is 3.12. The number of halogens is 3. The molecule has 210 valence electrons. The van der Waals surface area contributed by atoms with Crippen LogP contribution in [0.4, 0.5) is 11.4 Å². The summed E-state index contributed by atoms with van der Waals surface area (Å²) in [6, 6.07) is 17.4. The lowest BCUT2D eigenvalue weighted by atomic mass is 9.84. The Balaban J connectivity index is 1.55.